The Morgan fingerprint density at radius 2 is 1.24 bits per heavy atom. The summed E-state index contributed by atoms with van der Waals surface area (Å²) >= 11 is 0. The lowest BCUT2D eigenvalue weighted by Crippen LogP contribution is -2.36. The van der Waals surface area contributed by atoms with Gasteiger partial charge in [0.1, 0.15) is 28.9 Å². The lowest BCUT2D eigenvalue weighted by atomic mass is 10.00. The Morgan fingerprint density at radius 1 is 0.730 bits per heavy atom. The Morgan fingerprint density at radius 3 is 1.73 bits per heavy atom. The van der Waals surface area contributed by atoms with Crippen LogP contribution in [0.3, 0.4) is 0 Å². The maximum absolute atomic E-state index is 6.54. The van der Waals surface area contributed by atoms with E-state index in [2.05, 4.69) is 97.9 Å². The van der Waals surface area contributed by atoms with E-state index in [1.807, 2.05) is 24.3 Å². The lowest BCUT2D eigenvalue weighted by molar-refractivity contribution is -0.239. The highest BCUT2D eigenvalue weighted by atomic mass is 31.2. The van der Waals surface area contributed by atoms with E-state index in [4.69, 9.17) is 14.2 Å². The Kier molecular flexibility index (Phi) is 8.36. The van der Waals surface area contributed by atoms with Gasteiger partial charge in [-0.25, -0.2) is 0 Å². The quantitative estimate of drug-likeness (QED) is 0.240. The molecule has 37 heavy (non-hydrogen) atoms. The first kappa shape index (κ1) is 25.7. The molecule has 0 bridgehead atoms. The smallest absolute Gasteiger partial charge is 0.184 e. The van der Waals surface area contributed by atoms with E-state index in [0.29, 0.717) is 12.5 Å². The summed E-state index contributed by atoms with van der Waals surface area (Å²) in [5, 5.41) is 4.30. The zero-order valence-corrected chi connectivity index (χ0v) is 22.6. The second-order valence-corrected chi connectivity index (χ2v) is 13.4. The van der Waals surface area contributed by atoms with Gasteiger partial charge in [0, 0.05) is 11.5 Å². The predicted octanol–water partition coefficient (Wildman–Crippen LogP) is 6.52. The van der Waals surface area contributed by atoms with Crippen LogP contribution in [0.4, 0.5) is 0 Å². The van der Waals surface area contributed by atoms with Gasteiger partial charge in [0.15, 0.2) is 6.29 Å². The average Bonchev–Trinajstić information content (AvgIpc) is 2.98. The van der Waals surface area contributed by atoms with Crippen LogP contribution in [0, 0.1) is 5.92 Å². The van der Waals surface area contributed by atoms with Gasteiger partial charge in [-0.3, -0.25) is 0 Å². The fraction of sp³-hybridized carbons (Fsp3) is 0.273. The first-order valence-corrected chi connectivity index (χ1v) is 15.1. The predicted molar refractivity (Wildman–Crippen MR) is 155 cm³/mol. The van der Waals surface area contributed by atoms with E-state index in [9.17, 15) is 0 Å². The summed E-state index contributed by atoms with van der Waals surface area (Å²) in [5.41, 5.74) is 1.04. The molecule has 3 atom stereocenters. The van der Waals surface area contributed by atoms with E-state index in [1.54, 1.807) is 7.11 Å². The van der Waals surface area contributed by atoms with Crippen molar-refractivity contribution in [2.75, 3.05) is 19.9 Å². The monoisotopic (exact) mass is 511 g/mol. The van der Waals surface area contributed by atoms with Gasteiger partial charge in [-0.05, 0) is 61.4 Å². The fourth-order valence-corrected chi connectivity index (χ4v) is 9.75. The SMILES string of the molecule is COc1ccc(C2OC[C@@H](C)[C@@H](CCC[P+](c3ccccc3)(c3ccccc3)c3ccccc3)O2)cc1. The van der Waals surface area contributed by atoms with Gasteiger partial charge in [-0.1, -0.05) is 73.7 Å². The summed E-state index contributed by atoms with van der Waals surface area (Å²) < 4.78 is 17.9. The van der Waals surface area contributed by atoms with Crippen molar-refractivity contribution in [2.45, 2.75) is 32.2 Å². The van der Waals surface area contributed by atoms with Crippen molar-refractivity contribution < 1.29 is 14.2 Å². The highest BCUT2D eigenvalue weighted by molar-refractivity contribution is 7.95. The van der Waals surface area contributed by atoms with Crippen LogP contribution < -0.4 is 20.7 Å². The molecule has 5 rings (SSSR count). The molecule has 1 heterocycles. The molecule has 4 aromatic carbocycles. The summed E-state index contributed by atoms with van der Waals surface area (Å²) in [7, 11) is -0.140. The Bertz CT molecular complexity index is 1130. The number of benzene rings is 4. The zero-order chi connectivity index (χ0) is 25.5. The molecule has 0 amide bonds. The number of hydrogen-bond donors (Lipinski definition) is 0. The van der Waals surface area contributed by atoms with E-state index in [0.717, 1.165) is 30.3 Å². The van der Waals surface area contributed by atoms with Gasteiger partial charge in [0.25, 0.3) is 0 Å². The molecule has 190 valence electrons. The molecule has 0 aromatic heterocycles. The molecule has 1 aliphatic heterocycles. The van der Waals surface area contributed by atoms with Gasteiger partial charge >= 0.3 is 0 Å². The topological polar surface area (TPSA) is 27.7 Å². The molecule has 0 saturated carbocycles. The molecule has 0 N–H and O–H groups in total. The van der Waals surface area contributed by atoms with Crippen LogP contribution in [0.25, 0.3) is 0 Å². The van der Waals surface area contributed by atoms with Crippen molar-refractivity contribution in [3.05, 3.63) is 121 Å². The third-order valence-electron chi connectivity index (χ3n) is 7.40. The minimum absolute atomic E-state index is 0.157. The third-order valence-corrected chi connectivity index (χ3v) is 11.9. The molecule has 3 nitrogen and oxygen atoms in total. The molecular weight excluding hydrogens is 475 g/mol. The van der Waals surface area contributed by atoms with E-state index >= 15 is 0 Å². The largest absolute Gasteiger partial charge is 0.497 e. The first-order valence-electron chi connectivity index (χ1n) is 13.2. The number of methoxy groups -OCH3 is 1. The molecular formula is C33H36O3P+. The molecule has 1 saturated heterocycles. The second-order valence-electron chi connectivity index (χ2n) is 9.77. The first-order chi connectivity index (χ1) is 18.2. The molecule has 0 spiro atoms. The van der Waals surface area contributed by atoms with Crippen LogP contribution in [0.1, 0.15) is 31.6 Å². The standard InChI is InChI=1S/C33H36O3P/c1-26-25-35-33(27-20-22-28(34-2)23-21-27)36-32(26)19-12-24-37(29-13-6-3-7-14-29,30-15-8-4-9-16-30)31-17-10-5-11-18-31/h3-11,13-18,20-23,26,32-33H,12,19,24-25H2,1-2H3/q+1/t26-,32-,33?/m1/s1. The van der Waals surface area contributed by atoms with Crippen molar-refractivity contribution in [3.8, 4) is 5.75 Å². The van der Waals surface area contributed by atoms with Crippen LogP contribution in [0.5, 0.6) is 5.75 Å². The maximum Gasteiger partial charge on any atom is 0.184 e. The highest BCUT2D eigenvalue weighted by Crippen LogP contribution is 2.56. The number of hydrogen-bond acceptors (Lipinski definition) is 3. The average molecular weight is 512 g/mol. The maximum atomic E-state index is 6.54. The van der Waals surface area contributed by atoms with E-state index in [-0.39, 0.29) is 12.4 Å². The summed E-state index contributed by atoms with van der Waals surface area (Å²) in [6.45, 7) is 2.95. The summed E-state index contributed by atoms with van der Waals surface area (Å²) in [6.07, 6.45) is 3.02. The van der Waals surface area contributed by atoms with Crippen molar-refractivity contribution in [3.63, 3.8) is 0 Å². The van der Waals surface area contributed by atoms with Crippen molar-refractivity contribution in [1.82, 2.24) is 0 Å². The van der Waals surface area contributed by atoms with Crippen LogP contribution in [0.15, 0.2) is 115 Å². The van der Waals surface area contributed by atoms with Crippen molar-refractivity contribution in [1.29, 1.82) is 0 Å². The van der Waals surface area contributed by atoms with Gasteiger partial charge in [-0.2, -0.15) is 0 Å². The number of rotatable bonds is 9. The Hall–Kier alpha value is -2.97. The van der Waals surface area contributed by atoms with Gasteiger partial charge < -0.3 is 14.2 Å². The molecule has 1 fully saturated rings. The number of ether oxygens (including phenoxy) is 3. The molecule has 4 aromatic rings. The normalized spacial score (nSPS) is 19.9. The lowest BCUT2D eigenvalue weighted by Gasteiger charge is -2.36. The second kappa shape index (κ2) is 12.0. The van der Waals surface area contributed by atoms with E-state index < -0.39 is 7.26 Å². The highest BCUT2D eigenvalue weighted by Gasteiger charge is 2.45. The van der Waals surface area contributed by atoms with Gasteiger partial charge in [-0.15, -0.1) is 0 Å². The van der Waals surface area contributed by atoms with E-state index in [1.165, 1.54) is 15.9 Å². The zero-order valence-electron chi connectivity index (χ0n) is 21.7. The van der Waals surface area contributed by atoms with Crippen molar-refractivity contribution in [2.24, 2.45) is 5.92 Å². The van der Waals surface area contributed by atoms with Gasteiger partial charge in [0.05, 0.1) is 26.0 Å². The molecule has 0 radical (unpaired) electrons. The molecule has 4 heteroatoms. The third kappa shape index (κ3) is 5.65. The van der Waals surface area contributed by atoms with Crippen LogP contribution in [0.2, 0.25) is 0 Å². The minimum atomic E-state index is -1.82. The summed E-state index contributed by atoms with van der Waals surface area (Å²) in [4.78, 5) is 0. The summed E-state index contributed by atoms with van der Waals surface area (Å²) in [5.74, 6) is 1.19. The van der Waals surface area contributed by atoms with Crippen LogP contribution in [-0.4, -0.2) is 26.0 Å². The Balaban J connectivity index is 1.40. The van der Waals surface area contributed by atoms with Gasteiger partial charge in [0.2, 0.25) is 0 Å². The minimum Gasteiger partial charge on any atom is -0.497 e. The molecule has 1 unspecified atom stereocenters. The van der Waals surface area contributed by atoms with Crippen LogP contribution in [-0.2, 0) is 9.47 Å². The fourth-order valence-electron chi connectivity index (χ4n) is 5.38. The van der Waals surface area contributed by atoms with Crippen LogP contribution >= 0.6 is 7.26 Å². The van der Waals surface area contributed by atoms with Crippen molar-refractivity contribution >= 4 is 23.2 Å². The Labute approximate surface area is 221 Å². The molecule has 1 aliphatic rings. The molecule has 0 aliphatic carbocycles. The summed E-state index contributed by atoms with van der Waals surface area (Å²) in [6, 6.07) is 41.4.